The lowest BCUT2D eigenvalue weighted by Gasteiger charge is -2.44. The summed E-state index contributed by atoms with van der Waals surface area (Å²) in [6.45, 7) is 10.1. The van der Waals surface area contributed by atoms with E-state index in [4.69, 9.17) is 0 Å². The van der Waals surface area contributed by atoms with Gasteiger partial charge < -0.3 is 4.90 Å². The van der Waals surface area contributed by atoms with E-state index in [0.29, 0.717) is 0 Å². The fraction of sp³-hybridized carbons (Fsp3) is 0.500. The third-order valence-corrected chi connectivity index (χ3v) is 9.61. The summed E-state index contributed by atoms with van der Waals surface area (Å²) in [5.41, 5.74) is 4.81. The molecule has 170 valence electrons. The maximum absolute atomic E-state index is 13.1. The highest BCUT2D eigenvalue weighted by Crippen LogP contribution is 2.52. The first kappa shape index (κ1) is 22.0. The maximum atomic E-state index is 13.1. The van der Waals surface area contributed by atoms with Crippen molar-refractivity contribution in [3.63, 3.8) is 0 Å². The number of nitrogens with zero attached hydrogens (tertiary/aromatic N) is 4. The highest BCUT2D eigenvalue weighted by Gasteiger charge is 2.48. The van der Waals surface area contributed by atoms with E-state index in [0.717, 1.165) is 53.9 Å². The van der Waals surface area contributed by atoms with Gasteiger partial charge in [0.25, 0.3) is 0 Å². The number of nitrogens with one attached hydrogen (secondary N) is 1. The summed E-state index contributed by atoms with van der Waals surface area (Å²) in [6, 6.07) is 11.0. The van der Waals surface area contributed by atoms with Gasteiger partial charge in [-0.1, -0.05) is 24.3 Å². The van der Waals surface area contributed by atoms with Gasteiger partial charge in [-0.15, -0.1) is 10.2 Å². The molecule has 0 radical (unpaired) electrons. The predicted octanol–water partition coefficient (Wildman–Crippen LogP) is 4.74. The second-order valence-corrected chi connectivity index (χ2v) is 13.0. The summed E-state index contributed by atoms with van der Waals surface area (Å²) < 4.78 is 19.4. The smallest absolute Gasteiger partial charge is 0.176 e. The first-order chi connectivity index (χ1) is 15.2. The van der Waals surface area contributed by atoms with Gasteiger partial charge >= 0.3 is 0 Å². The van der Waals surface area contributed by atoms with Crippen LogP contribution in [0, 0.1) is 12.3 Å². The summed E-state index contributed by atoms with van der Waals surface area (Å²) in [4.78, 5) is 2.45. The number of aromatic nitrogens is 3. The molecule has 0 bridgehead atoms. The maximum Gasteiger partial charge on any atom is 0.176 e. The van der Waals surface area contributed by atoms with Crippen molar-refractivity contribution in [2.24, 2.45) is 5.41 Å². The van der Waals surface area contributed by atoms with Crippen molar-refractivity contribution in [2.75, 3.05) is 18.0 Å². The number of hydrogen-bond donors (Lipinski definition) is 1. The van der Waals surface area contributed by atoms with Gasteiger partial charge in [-0.3, -0.25) is 4.40 Å². The van der Waals surface area contributed by atoms with Crippen molar-refractivity contribution in [3.8, 4) is 0 Å². The third kappa shape index (κ3) is 3.60. The van der Waals surface area contributed by atoms with Crippen LogP contribution in [0.3, 0.4) is 0 Å². The summed E-state index contributed by atoms with van der Waals surface area (Å²) in [6.07, 6.45) is 4.91. The normalized spacial score (nSPS) is 21.3. The lowest BCUT2D eigenvalue weighted by molar-refractivity contribution is 0.177. The molecule has 0 unspecified atom stereocenters. The van der Waals surface area contributed by atoms with E-state index in [1.54, 1.807) is 6.33 Å². The molecule has 0 amide bonds. The fourth-order valence-corrected chi connectivity index (χ4v) is 6.54. The molecule has 2 atom stereocenters. The molecule has 1 fully saturated rings. The highest BCUT2D eigenvalue weighted by molar-refractivity contribution is 9.10. The average molecular weight is 517 g/mol. The van der Waals surface area contributed by atoms with E-state index >= 15 is 0 Å². The van der Waals surface area contributed by atoms with Crippen LogP contribution in [-0.4, -0.2) is 36.6 Å². The van der Waals surface area contributed by atoms with Crippen molar-refractivity contribution < 1.29 is 4.21 Å². The van der Waals surface area contributed by atoms with E-state index in [-0.39, 0.29) is 16.2 Å². The number of anilines is 1. The summed E-state index contributed by atoms with van der Waals surface area (Å²) in [5.74, 6) is 1.14. The minimum absolute atomic E-state index is 0.0812. The average Bonchev–Trinajstić information content (AvgIpc) is 3.35. The van der Waals surface area contributed by atoms with Crippen LogP contribution >= 0.6 is 15.9 Å². The Balaban J connectivity index is 1.44. The zero-order chi connectivity index (χ0) is 22.7. The minimum Gasteiger partial charge on any atom is -0.358 e. The minimum atomic E-state index is -1.12. The number of piperidine rings is 1. The first-order valence-electron chi connectivity index (χ1n) is 11.2. The summed E-state index contributed by atoms with van der Waals surface area (Å²) >= 11 is 3.65. The van der Waals surface area contributed by atoms with Gasteiger partial charge in [0.1, 0.15) is 12.1 Å². The largest absolute Gasteiger partial charge is 0.358 e. The van der Waals surface area contributed by atoms with Crippen molar-refractivity contribution >= 4 is 38.4 Å². The van der Waals surface area contributed by atoms with Gasteiger partial charge in [-0.2, -0.15) is 0 Å². The molecule has 32 heavy (non-hydrogen) atoms. The summed E-state index contributed by atoms with van der Waals surface area (Å²) in [7, 11) is -1.12. The standard InChI is InChI=1S/C24H30BrN5OS/c1-16-13-19(30-15-26-27-22(30)20(16)25)29-11-9-24(10-12-29)14-17-7-5-6-8-18(17)21(24)28-32(31)23(2,3)4/h5-8,13,15,21,28H,9-12,14H2,1-4H3/t21-,32-/m1/s1. The van der Waals surface area contributed by atoms with Gasteiger partial charge in [-0.25, -0.2) is 8.93 Å². The Bertz CT molecular complexity index is 1190. The molecule has 3 aromatic rings. The monoisotopic (exact) mass is 515 g/mol. The Labute approximate surface area is 200 Å². The Morgan fingerprint density at radius 2 is 1.94 bits per heavy atom. The lowest BCUT2D eigenvalue weighted by Crippen LogP contribution is -2.48. The van der Waals surface area contributed by atoms with Gasteiger partial charge in [0.05, 0.1) is 26.2 Å². The van der Waals surface area contributed by atoms with E-state index < -0.39 is 11.0 Å². The molecule has 1 aliphatic carbocycles. The second kappa shape index (κ2) is 7.92. The Morgan fingerprint density at radius 3 is 2.66 bits per heavy atom. The van der Waals surface area contributed by atoms with Crippen LogP contribution in [0.1, 0.15) is 56.3 Å². The molecule has 1 spiro atoms. The zero-order valence-corrected chi connectivity index (χ0v) is 21.5. The van der Waals surface area contributed by atoms with Gasteiger partial charge in [0.15, 0.2) is 5.65 Å². The molecular formula is C24H30BrN5OS. The molecule has 3 heterocycles. The quantitative estimate of drug-likeness (QED) is 0.547. The van der Waals surface area contributed by atoms with Crippen LogP contribution in [0.25, 0.3) is 5.65 Å². The molecule has 2 aromatic heterocycles. The van der Waals surface area contributed by atoms with Crippen LogP contribution < -0.4 is 9.62 Å². The summed E-state index contributed by atoms with van der Waals surface area (Å²) in [5, 5.41) is 8.43. The topological polar surface area (TPSA) is 62.5 Å². The van der Waals surface area contributed by atoms with Gasteiger partial charge in [0, 0.05) is 13.1 Å². The Kier molecular flexibility index (Phi) is 5.46. The Hall–Kier alpha value is -1.77. The van der Waals surface area contributed by atoms with Crippen LogP contribution in [0.4, 0.5) is 5.82 Å². The SMILES string of the molecule is Cc1cc(N2CCC3(CC2)Cc2ccccc2[C@H]3N[S@](=O)C(C)(C)C)n2cnnc2c1Br. The lowest BCUT2D eigenvalue weighted by atomic mass is 9.73. The van der Waals surface area contributed by atoms with E-state index in [1.165, 1.54) is 11.1 Å². The number of aryl methyl sites for hydroxylation is 1. The molecule has 1 aromatic carbocycles. The van der Waals surface area contributed by atoms with Crippen LogP contribution in [0.2, 0.25) is 0 Å². The molecule has 0 saturated carbocycles. The number of hydrogen-bond acceptors (Lipinski definition) is 4. The van der Waals surface area contributed by atoms with Crippen molar-refractivity contribution in [3.05, 3.63) is 57.8 Å². The zero-order valence-electron chi connectivity index (χ0n) is 19.1. The van der Waals surface area contributed by atoms with E-state index in [1.807, 2.05) is 20.8 Å². The molecule has 1 aliphatic heterocycles. The van der Waals surface area contributed by atoms with Crippen LogP contribution in [0.15, 0.2) is 41.1 Å². The number of benzene rings is 1. The van der Waals surface area contributed by atoms with Crippen molar-refractivity contribution in [2.45, 2.75) is 57.7 Å². The fourth-order valence-electron chi connectivity index (χ4n) is 5.21. The van der Waals surface area contributed by atoms with E-state index in [2.05, 4.69) is 77.4 Å². The molecule has 1 N–H and O–H groups in total. The highest BCUT2D eigenvalue weighted by atomic mass is 79.9. The Morgan fingerprint density at radius 1 is 1.22 bits per heavy atom. The third-order valence-electron chi connectivity index (χ3n) is 7.07. The van der Waals surface area contributed by atoms with Gasteiger partial charge in [0.2, 0.25) is 0 Å². The molecule has 6 nitrogen and oxygen atoms in total. The van der Waals surface area contributed by atoms with Gasteiger partial charge in [-0.05, 0) is 91.1 Å². The molecule has 5 rings (SSSR count). The number of fused-ring (bicyclic) bond motifs is 2. The van der Waals surface area contributed by atoms with Crippen molar-refractivity contribution in [1.82, 2.24) is 19.3 Å². The van der Waals surface area contributed by atoms with Crippen molar-refractivity contribution in [1.29, 1.82) is 0 Å². The molecule has 1 saturated heterocycles. The number of rotatable bonds is 3. The second-order valence-electron chi connectivity index (χ2n) is 10.2. The number of halogens is 1. The number of pyridine rings is 1. The molecule has 2 aliphatic rings. The predicted molar refractivity (Wildman–Crippen MR) is 133 cm³/mol. The van der Waals surface area contributed by atoms with E-state index in [9.17, 15) is 4.21 Å². The first-order valence-corrected chi connectivity index (χ1v) is 13.1. The molecular weight excluding hydrogens is 486 g/mol. The van der Waals surface area contributed by atoms with Crippen LogP contribution in [-0.2, 0) is 17.4 Å². The molecule has 8 heteroatoms. The van der Waals surface area contributed by atoms with Crippen LogP contribution in [0.5, 0.6) is 0 Å².